The van der Waals surface area contributed by atoms with E-state index in [0.29, 0.717) is 23.0 Å². The van der Waals surface area contributed by atoms with E-state index in [1.165, 1.54) is 0 Å². The Balaban J connectivity index is 1.95. The summed E-state index contributed by atoms with van der Waals surface area (Å²) < 4.78 is 23.8. The molecular formula is C26H26N2O4. The van der Waals surface area contributed by atoms with Crippen LogP contribution in [0.2, 0.25) is 0 Å². The molecule has 0 aliphatic rings. The zero-order valence-corrected chi connectivity index (χ0v) is 18.9. The van der Waals surface area contributed by atoms with Gasteiger partial charge in [-0.15, -0.1) is 0 Å². The first kappa shape index (κ1) is 21.3. The van der Waals surface area contributed by atoms with Gasteiger partial charge in [-0.25, -0.2) is 4.68 Å². The first-order valence-corrected chi connectivity index (χ1v) is 10.2. The minimum Gasteiger partial charge on any atom is -0.493 e. The number of para-hydroxylation sites is 1. The van der Waals surface area contributed by atoms with Gasteiger partial charge < -0.3 is 18.9 Å². The molecule has 0 atom stereocenters. The summed E-state index contributed by atoms with van der Waals surface area (Å²) in [5.74, 6) is 2.68. The number of nitrogens with zero attached hydrogens (tertiary/aromatic N) is 2. The quantitative estimate of drug-likeness (QED) is 0.385. The fourth-order valence-corrected chi connectivity index (χ4v) is 3.83. The van der Waals surface area contributed by atoms with Gasteiger partial charge in [0.05, 0.1) is 45.5 Å². The summed E-state index contributed by atoms with van der Waals surface area (Å²) in [6.45, 7) is 2.07. The number of benzene rings is 3. The van der Waals surface area contributed by atoms with Crippen molar-refractivity contribution in [1.29, 1.82) is 0 Å². The van der Waals surface area contributed by atoms with Crippen molar-refractivity contribution in [2.24, 2.45) is 0 Å². The summed E-state index contributed by atoms with van der Waals surface area (Å²) >= 11 is 0. The summed E-state index contributed by atoms with van der Waals surface area (Å²) in [4.78, 5) is 0. The van der Waals surface area contributed by atoms with Gasteiger partial charge in [-0.1, -0.05) is 18.2 Å². The molecule has 6 heteroatoms. The number of ether oxygens (including phenoxy) is 4. The second-order valence-corrected chi connectivity index (χ2v) is 7.21. The molecule has 1 aromatic heterocycles. The molecule has 0 saturated carbocycles. The summed E-state index contributed by atoms with van der Waals surface area (Å²) in [5, 5.41) is 5.00. The van der Waals surface area contributed by atoms with E-state index in [9.17, 15) is 0 Å². The number of methoxy groups -OCH3 is 4. The van der Waals surface area contributed by atoms with Crippen molar-refractivity contribution >= 4 is 0 Å². The molecule has 164 valence electrons. The van der Waals surface area contributed by atoms with Crippen LogP contribution in [0.15, 0.2) is 66.7 Å². The lowest BCUT2D eigenvalue weighted by Crippen LogP contribution is -2.00. The highest BCUT2D eigenvalue weighted by Gasteiger charge is 2.21. The van der Waals surface area contributed by atoms with E-state index in [4.69, 9.17) is 24.0 Å². The molecule has 1 heterocycles. The molecule has 0 saturated heterocycles. The van der Waals surface area contributed by atoms with Crippen molar-refractivity contribution in [2.75, 3.05) is 28.4 Å². The first-order chi connectivity index (χ1) is 15.6. The molecule has 0 amide bonds. The summed E-state index contributed by atoms with van der Waals surface area (Å²) in [6.07, 6.45) is 0. The number of hydrogen-bond acceptors (Lipinski definition) is 5. The van der Waals surface area contributed by atoms with Crippen LogP contribution in [0.3, 0.4) is 0 Å². The molecule has 4 aromatic rings. The van der Waals surface area contributed by atoms with Gasteiger partial charge in [0.15, 0.2) is 23.0 Å². The van der Waals surface area contributed by atoms with E-state index in [-0.39, 0.29) is 0 Å². The van der Waals surface area contributed by atoms with Crippen LogP contribution < -0.4 is 18.9 Å². The smallest absolute Gasteiger partial charge is 0.161 e. The third kappa shape index (κ3) is 3.75. The van der Waals surface area contributed by atoms with Crippen molar-refractivity contribution < 1.29 is 18.9 Å². The van der Waals surface area contributed by atoms with Crippen LogP contribution in [-0.2, 0) is 0 Å². The van der Waals surface area contributed by atoms with Gasteiger partial charge in [0.25, 0.3) is 0 Å². The van der Waals surface area contributed by atoms with Crippen LogP contribution >= 0.6 is 0 Å². The molecule has 0 bridgehead atoms. The number of aromatic nitrogens is 2. The Morgan fingerprint density at radius 3 is 1.72 bits per heavy atom. The van der Waals surface area contributed by atoms with E-state index < -0.39 is 0 Å². The van der Waals surface area contributed by atoms with Gasteiger partial charge in [0.1, 0.15) is 0 Å². The molecule has 3 aromatic carbocycles. The lowest BCUT2D eigenvalue weighted by molar-refractivity contribution is 0.355. The SMILES string of the molecule is COc1ccc(-c2nn(-c3ccccc3)c(-c3ccc(OC)c(OC)c3)c2C)cc1OC. The highest BCUT2D eigenvalue weighted by atomic mass is 16.5. The van der Waals surface area contributed by atoms with Crippen LogP contribution in [0.4, 0.5) is 0 Å². The minimum atomic E-state index is 0.659. The number of rotatable bonds is 7. The summed E-state index contributed by atoms with van der Waals surface area (Å²) in [6, 6.07) is 21.8. The Bertz CT molecular complexity index is 1230. The normalized spacial score (nSPS) is 10.7. The summed E-state index contributed by atoms with van der Waals surface area (Å²) in [7, 11) is 6.53. The molecule has 4 rings (SSSR count). The fraction of sp³-hybridized carbons (Fsp3) is 0.192. The Labute approximate surface area is 187 Å². The second kappa shape index (κ2) is 9.06. The highest BCUT2D eigenvalue weighted by molar-refractivity contribution is 5.78. The van der Waals surface area contributed by atoms with Crippen LogP contribution in [0, 0.1) is 6.92 Å². The van der Waals surface area contributed by atoms with Crippen LogP contribution in [0.1, 0.15) is 5.56 Å². The van der Waals surface area contributed by atoms with Crippen LogP contribution in [0.5, 0.6) is 23.0 Å². The van der Waals surface area contributed by atoms with Crippen molar-refractivity contribution in [3.63, 3.8) is 0 Å². The fourth-order valence-electron chi connectivity index (χ4n) is 3.83. The van der Waals surface area contributed by atoms with Crippen LogP contribution in [-0.4, -0.2) is 38.2 Å². The minimum absolute atomic E-state index is 0.659. The lowest BCUT2D eigenvalue weighted by Gasteiger charge is -2.12. The second-order valence-electron chi connectivity index (χ2n) is 7.21. The van der Waals surface area contributed by atoms with Gasteiger partial charge in [0, 0.05) is 16.7 Å². The maximum absolute atomic E-state index is 5.55. The largest absolute Gasteiger partial charge is 0.493 e. The third-order valence-corrected chi connectivity index (χ3v) is 5.44. The van der Waals surface area contributed by atoms with Crippen molar-refractivity contribution in [3.05, 3.63) is 72.3 Å². The van der Waals surface area contributed by atoms with Crippen LogP contribution in [0.25, 0.3) is 28.2 Å². The zero-order chi connectivity index (χ0) is 22.7. The van der Waals surface area contributed by atoms with E-state index in [1.54, 1.807) is 28.4 Å². The van der Waals surface area contributed by atoms with Gasteiger partial charge in [-0.05, 0) is 55.5 Å². The molecule has 0 aliphatic carbocycles. The first-order valence-electron chi connectivity index (χ1n) is 10.2. The van der Waals surface area contributed by atoms with Crippen molar-refractivity contribution in [2.45, 2.75) is 6.92 Å². The standard InChI is InChI=1S/C26H26N2O4/c1-17-25(18-11-13-21(29-2)23(15-18)31-4)27-28(20-9-7-6-8-10-20)26(17)19-12-14-22(30-3)24(16-19)32-5/h6-16H,1-5H3. The average Bonchev–Trinajstić information content (AvgIpc) is 3.20. The predicted octanol–water partition coefficient (Wildman–Crippen LogP) is 5.55. The number of hydrogen-bond donors (Lipinski definition) is 0. The van der Waals surface area contributed by atoms with Gasteiger partial charge in [-0.2, -0.15) is 5.10 Å². The highest BCUT2D eigenvalue weighted by Crippen LogP contribution is 2.39. The van der Waals surface area contributed by atoms with E-state index in [1.807, 2.05) is 71.4 Å². The summed E-state index contributed by atoms with van der Waals surface area (Å²) in [5.41, 5.74) is 5.75. The molecule has 0 radical (unpaired) electrons. The molecule has 6 nitrogen and oxygen atoms in total. The maximum Gasteiger partial charge on any atom is 0.161 e. The zero-order valence-electron chi connectivity index (χ0n) is 18.9. The predicted molar refractivity (Wildman–Crippen MR) is 125 cm³/mol. The monoisotopic (exact) mass is 430 g/mol. The van der Waals surface area contributed by atoms with E-state index in [0.717, 1.165) is 33.8 Å². The molecular weight excluding hydrogens is 404 g/mol. The molecule has 0 fully saturated rings. The third-order valence-electron chi connectivity index (χ3n) is 5.44. The lowest BCUT2D eigenvalue weighted by atomic mass is 10.0. The molecule has 0 N–H and O–H groups in total. The van der Waals surface area contributed by atoms with Crippen molar-refractivity contribution in [1.82, 2.24) is 9.78 Å². The van der Waals surface area contributed by atoms with E-state index >= 15 is 0 Å². The Kier molecular flexibility index (Phi) is 6.03. The average molecular weight is 431 g/mol. The topological polar surface area (TPSA) is 54.7 Å². The maximum atomic E-state index is 5.55. The van der Waals surface area contributed by atoms with E-state index in [2.05, 4.69) is 6.92 Å². The van der Waals surface area contributed by atoms with Crippen molar-refractivity contribution in [3.8, 4) is 51.2 Å². The molecule has 32 heavy (non-hydrogen) atoms. The molecule has 0 aliphatic heterocycles. The Hall–Kier alpha value is -3.93. The van der Waals surface area contributed by atoms with Gasteiger partial charge >= 0.3 is 0 Å². The Morgan fingerprint density at radius 2 is 1.16 bits per heavy atom. The molecule has 0 unspecified atom stereocenters. The van der Waals surface area contributed by atoms with Gasteiger partial charge in [-0.3, -0.25) is 0 Å². The molecule has 0 spiro atoms. The van der Waals surface area contributed by atoms with Gasteiger partial charge in [0.2, 0.25) is 0 Å². The Morgan fingerprint density at radius 1 is 0.625 bits per heavy atom.